The molecule has 1 aliphatic rings. The molecule has 1 atom stereocenters. The highest BCUT2D eigenvalue weighted by molar-refractivity contribution is 5.94. The average molecular weight is 667 g/mol. The van der Waals surface area contributed by atoms with Crippen LogP contribution in [0.4, 0.5) is 9.18 Å². The van der Waals surface area contributed by atoms with E-state index in [2.05, 4.69) is 20.8 Å². The van der Waals surface area contributed by atoms with Gasteiger partial charge in [-0.15, -0.1) is 0 Å². The summed E-state index contributed by atoms with van der Waals surface area (Å²) in [5.74, 6) is -2.51. The maximum absolute atomic E-state index is 14.2. The summed E-state index contributed by atoms with van der Waals surface area (Å²) in [5, 5.41) is 11.5. The van der Waals surface area contributed by atoms with Crippen LogP contribution >= 0.6 is 0 Å². The number of hydrogen-bond acceptors (Lipinski definition) is 5. The van der Waals surface area contributed by atoms with Gasteiger partial charge in [0.05, 0.1) is 13.2 Å². The molecule has 1 aliphatic heterocycles. The van der Waals surface area contributed by atoms with Gasteiger partial charge < -0.3 is 19.6 Å². The van der Waals surface area contributed by atoms with E-state index < -0.39 is 23.9 Å². The quantitative estimate of drug-likeness (QED) is 0.171. The molecule has 9 heteroatoms. The minimum absolute atomic E-state index is 0.0965. The molecule has 0 fully saturated rings. The van der Waals surface area contributed by atoms with Gasteiger partial charge in [-0.05, 0) is 87.5 Å². The average Bonchev–Trinajstić information content (AvgIpc) is 3.08. The molecule has 4 aromatic rings. The van der Waals surface area contributed by atoms with E-state index in [-0.39, 0.29) is 23.7 Å². The van der Waals surface area contributed by atoms with Gasteiger partial charge in [-0.3, -0.25) is 9.59 Å². The van der Waals surface area contributed by atoms with Crippen LogP contribution in [0, 0.1) is 11.7 Å². The van der Waals surface area contributed by atoms with Gasteiger partial charge in [0.1, 0.15) is 11.7 Å². The van der Waals surface area contributed by atoms with Crippen molar-refractivity contribution in [1.82, 2.24) is 9.96 Å². The second-order valence-corrected chi connectivity index (χ2v) is 13.9. The molecular weight excluding hydrogens is 623 g/mol. The van der Waals surface area contributed by atoms with E-state index in [1.807, 2.05) is 32.0 Å². The lowest BCUT2D eigenvalue weighted by Gasteiger charge is -2.29. The molecule has 1 unspecified atom stereocenters. The highest BCUT2D eigenvalue weighted by Crippen LogP contribution is 2.29. The number of aliphatic carboxylic acids is 1. The van der Waals surface area contributed by atoms with Crippen molar-refractivity contribution >= 4 is 18.0 Å². The first-order chi connectivity index (χ1) is 23.3. The lowest BCUT2D eigenvalue weighted by molar-refractivity contribution is -0.141. The lowest BCUT2D eigenvalue weighted by Crippen LogP contribution is -2.40. The van der Waals surface area contributed by atoms with Gasteiger partial charge >= 0.3 is 12.1 Å². The van der Waals surface area contributed by atoms with Gasteiger partial charge in [0.15, 0.2) is 5.75 Å². The molecule has 0 aromatic heterocycles. The number of amides is 2. The Labute approximate surface area is 287 Å². The fourth-order valence-electron chi connectivity index (χ4n) is 5.67. The molecule has 1 heterocycles. The minimum atomic E-state index is -1.12. The first kappa shape index (κ1) is 35.1. The number of carbonyl (C=O) groups is 3. The first-order valence-corrected chi connectivity index (χ1v) is 16.5. The van der Waals surface area contributed by atoms with Crippen molar-refractivity contribution in [1.29, 1.82) is 0 Å². The number of ether oxygens (including phenoxy) is 1. The van der Waals surface area contributed by atoms with Crippen molar-refractivity contribution in [3.8, 4) is 16.9 Å². The molecule has 0 saturated carbocycles. The Morgan fingerprint density at radius 1 is 0.878 bits per heavy atom. The number of benzene rings is 4. The molecule has 8 nitrogen and oxygen atoms in total. The molecular formula is C40H43FN2O6. The summed E-state index contributed by atoms with van der Waals surface area (Å²) in [4.78, 5) is 47.4. The Kier molecular flexibility index (Phi) is 10.7. The number of carboxylic acid groups (broad SMARTS) is 1. The molecule has 4 aromatic carbocycles. The molecule has 0 aliphatic carbocycles. The number of hydroxylamine groups is 2. The van der Waals surface area contributed by atoms with E-state index >= 15 is 0 Å². The van der Waals surface area contributed by atoms with E-state index in [0.29, 0.717) is 43.0 Å². The van der Waals surface area contributed by atoms with Gasteiger partial charge in [-0.25, -0.2) is 9.18 Å². The van der Waals surface area contributed by atoms with Gasteiger partial charge in [0.25, 0.3) is 5.91 Å². The summed E-state index contributed by atoms with van der Waals surface area (Å²) in [7, 11) is 0. The van der Waals surface area contributed by atoms with Crippen molar-refractivity contribution < 1.29 is 33.5 Å². The second-order valence-electron chi connectivity index (χ2n) is 13.9. The smallest absolute Gasteiger partial charge is 0.410 e. The number of fused-ring (bicyclic) bond motifs is 1. The molecule has 0 spiro atoms. The first-order valence-electron chi connectivity index (χ1n) is 16.5. The van der Waals surface area contributed by atoms with Gasteiger partial charge in [0, 0.05) is 18.7 Å². The van der Waals surface area contributed by atoms with Crippen molar-refractivity contribution in [2.75, 3.05) is 19.7 Å². The Bertz CT molecular complexity index is 1780. The van der Waals surface area contributed by atoms with E-state index in [1.54, 1.807) is 65.6 Å². The van der Waals surface area contributed by atoms with E-state index in [9.17, 15) is 23.9 Å². The molecule has 0 radical (unpaired) electrons. The molecule has 49 heavy (non-hydrogen) atoms. The zero-order valence-electron chi connectivity index (χ0n) is 28.6. The summed E-state index contributed by atoms with van der Waals surface area (Å²) < 4.78 is 18.9. The molecule has 1 N–H and O–H groups in total. The zero-order chi connectivity index (χ0) is 35.3. The Balaban J connectivity index is 1.43. The Morgan fingerprint density at radius 2 is 1.51 bits per heavy atom. The maximum atomic E-state index is 14.2. The number of halogens is 1. The minimum Gasteiger partial charge on any atom is -0.481 e. The standard InChI is InChI=1S/C40H43FN2O6/c1-26(2)25-48-39(47)42-21-20-29-8-11-31(22-32(29)23-42)37(44)43(49-35-18-14-33(15-19-35)40(3,4)5)24-36(38(45)46)30-9-6-27(7-10-30)28-12-16-34(41)17-13-28/h6-19,22,26,36H,20-21,23-25H2,1-5H3,(H,45,46). The van der Waals surface area contributed by atoms with Gasteiger partial charge in [-0.1, -0.05) is 89.2 Å². The molecule has 2 amide bonds. The summed E-state index contributed by atoms with van der Waals surface area (Å²) in [6, 6.07) is 25.7. The number of hydrogen-bond donors (Lipinski definition) is 1. The van der Waals surface area contributed by atoms with Crippen LogP contribution in [0.5, 0.6) is 5.75 Å². The van der Waals surface area contributed by atoms with E-state index in [1.165, 1.54) is 12.1 Å². The molecule has 0 saturated heterocycles. The second kappa shape index (κ2) is 14.9. The number of carbonyl (C=O) groups excluding carboxylic acids is 2. The summed E-state index contributed by atoms with van der Waals surface area (Å²) in [5.41, 5.74) is 5.19. The number of nitrogens with zero attached hydrogens (tertiary/aromatic N) is 2. The normalized spacial score (nSPS) is 13.4. The van der Waals surface area contributed by atoms with Crippen LogP contribution in [-0.4, -0.2) is 52.7 Å². The summed E-state index contributed by atoms with van der Waals surface area (Å²) in [6.45, 7) is 11.1. The maximum Gasteiger partial charge on any atom is 0.410 e. The van der Waals surface area contributed by atoms with Crippen molar-refractivity contribution in [2.24, 2.45) is 5.92 Å². The fourth-order valence-corrected chi connectivity index (χ4v) is 5.67. The van der Waals surface area contributed by atoms with Crippen LogP contribution in [0.2, 0.25) is 0 Å². The van der Waals surface area contributed by atoms with Crippen molar-refractivity contribution in [2.45, 2.75) is 58.9 Å². The summed E-state index contributed by atoms with van der Waals surface area (Å²) >= 11 is 0. The highest BCUT2D eigenvalue weighted by Gasteiger charge is 2.30. The van der Waals surface area contributed by atoms with Gasteiger partial charge in [0.2, 0.25) is 0 Å². The third-order valence-corrected chi connectivity index (χ3v) is 8.56. The SMILES string of the molecule is CC(C)COC(=O)N1CCc2ccc(C(=O)N(CC(C(=O)O)c3ccc(-c4ccc(F)cc4)cc3)Oc3ccc(C(C)(C)C)cc3)cc2C1. The highest BCUT2D eigenvalue weighted by atomic mass is 19.1. The molecule has 256 valence electrons. The number of carboxylic acids is 1. The van der Waals surface area contributed by atoms with Gasteiger partial charge in [-0.2, -0.15) is 5.06 Å². The fraction of sp³-hybridized carbons (Fsp3) is 0.325. The summed E-state index contributed by atoms with van der Waals surface area (Å²) in [6.07, 6.45) is 0.227. The van der Waals surface area contributed by atoms with Crippen molar-refractivity contribution in [3.63, 3.8) is 0 Å². The Morgan fingerprint density at radius 3 is 2.10 bits per heavy atom. The van der Waals surface area contributed by atoms with E-state index in [4.69, 9.17) is 9.57 Å². The van der Waals surface area contributed by atoms with Crippen LogP contribution in [0.1, 0.15) is 73.1 Å². The third kappa shape index (κ3) is 8.84. The topological polar surface area (TPSA) is 96.4 Å². The van der Waals surface area contributed by atoms with Crippen molar-refractivity contribution in [3.05, 3.63) is 125 Å². The van der Waals surface area contributed by atoms with Crippen LogP contribution in [0.25, 0.3) is 11.1 Å². The van der Waals surface area contributed by atoms with Crippen LogP contribution in [0.15, 0.2) is 91.0 Å². The van der Waals surface area contributed by atoms with Crippen LogP contribution < -0.4 is 4.84 Å². The predicted octanol–water partition coefficient (Wildman–Crippen LogP) is 8.25. The monoisotopic (exact) mass is 666 g/mol. The Hall–Kier alpha value is -5.18. The lowest BCUT2D eigenvalue weighted by atomic mass is 9.87. The van der Waals surface area contributed by atoms with Crippen LogP contribution in [0.3, 0.4) is 0 Å². The zero-order valence-corrected chi connectivity index (χ0v) is 28.6. The predicted molar refractivity (Wildman–Crippen MR) is 186 cm³/mol. The van der Waals surface area contributed by atoms with Crippen LogP contribution in [-0.2, 0) is 27.9 Å². The van der Waals surface area contributed by atoms with E-state index in [0.717, 1.165) is 32.9 Å². The molecule has 5 rings (SSSR count). The number of rotatable bonds is 10. The third-order valence-electron chi connectivity index (χ3n) is 8.56. The largest absolute Gasteiger partial charge is 0.481 e. The molecule has 0 bridgehead atoms.